The molecule has 2 heterocycles. The van der Waals surface area contributed by atoms with Crippen LogP contribution in [0.1, 0.15) is 25.3 Å². The van der Waals surface area contributed by atoms with Gasteiger partial charge in [-0.15, -0.1) is 0 Å². The molecule has 0 aliphatic carbocycles. The van der Waals surface area contributed by atoms with Gasteiger partial charge in [-0.2, -0.15) is 0 Å². The maximum absolute atomic E-state index is 12.2. The summed E-state index contributed by atoms with van der Waals surface area (Å²) in [5.41, 5.74) is 6.18. The van der Waals surface area contributed by atoms with Crippen LogP contribution in [0.25, 0.3) is 5.57 Å². The van der Waals surface area contributed by atoms with Gasteiger partial charge in [0.05, 0.1) is 31.1 Å². The Bertz CT molecular complexity index is 801. The predicted molar refractivity (Wildman–Crippen MR) is 90.7 cm³/mol. The van der Waals surface area contributed by atoms with Crippen molar-refractivity contribution in [1.82, 2.24) is 4.90 Å². The summed E-state index contributed by atoms with van der Waals surface area (Å²) in [6.45, 7) is 1.66. The van der Waals surface area contributed by atoms with Crippen LogP contribution < -0.4 is 10.5 Å². The second kappa shape index (κ2) is 6.80. The van der Waals surface area contributed by atoms with Gasteiger partial charge in [0.2, 0.25) is 11.8 Å². The molecule has 0 bridgehead atoms. The van der Waals surface area contributed by atoms with Crippen molar-refractivity contribution in [1.29, 1.82) is 0 Å². The van der Waals surface area contributed by atoms with Crippen LogP contribution in [-0.4, -0.2) is 51.6 Å². The molecule has 2 amide bonds. The molecule has 0 spiro atoms. The molecule has 8 heteroatoms. The number of hydrogen-bond donors (Lipinski definition) is 3. The smallest absolute Gasteiger partial charge is 0.352 e. The van der Waals surface area contributed by atoms with Crippen LogP contribution in [0.5, 0.6) is 5.75 Å². The second-order valence-corrected chi connectivity index (χ2v) is 6.47. The summed E-state index contributed by atoms with van der Waals surface area (Å²) in [6, 6.07) is 6.48. The third kappa shape index (κ3) is 3.03. The number of benzene rings is 1. The Morgan fingerprint density at radius 2 is 2.15 bits per heavy atom. The molecular formula is C18H20N2O6. The molecule has 1 aromatic rings. The van der Waals surface area contributed by atoms with Crippen LogP contribution in [0.15, 0.2) is 30.0 Å². The van der Waals surface area contributed by atoms with Gasteiger partial charge in [0.15, 0.2) is 0 Å². The van der Waals surface area contributed by atoms with Gasteiger partial charge in [0.1, 0.15) is 11.4 Å². The Morgan fingerprint density at radius 3 is 2.77 bits per heavy atom. The van der Waals surface area contributed by atoms with E-state index in [1.54, 1.807) is 24.3 Å². The molecule has 138 valence electrons. The molecule has 4 N–H and O–H groups in total. The van der Waals surface area contributed by atoms with Crippen molar-refractivity contribution in [3.63, 3.8) is 0 Å². The van der Waals surface area contributed by atoms with Crippen LogP contribution in [0, 0.1) is 5.92 Å². The first-order chi connectivity index (χ1) is 12.3. The monoisotopic (exact) mass is 360 g/mol. The molecule has 2 aliphatic heterocycles. The highest BCUT2D eigenvalue weighted by atomic mass is 16.5. The fourth-order valence-corrected chi connectivity index (χ4v) is 3.57. The van der Waals surface area contributed by atoms with Crippen LogP contribution in [0.4, 0.5) is 0 Å². The lowest BCUT2D eigenvalue weighted by atomic mass is 9.82. The Labute approximate surface area is 149 Å². The fourth-order valence-electron chi connectivity index (χ4n) is 3.57. The van der Waals surface area contributed by atoms with Crippen LogP contribution in [-0.2, 0) is 14.4 Å². The molecular weight excluding hydrogens is 340 g/mol. The van der Waals surface area contributed by atoms with E-state index in [2.05, 4.69) is 0 Å². The number of carboxylic acid groups (broad SMARTS) is 1. The summed E-state index contributed by atoms with van der Waals surface area (Å²) in [5, 5.41) is 19.4. The van der Waals surface area contributed by atoms with Gasteiger partial charge in [-0.25, -0.2) is 4.79 Å². The Kier molecular flexibility index (Phi) is 4.69. The average molecular weight is 360 g/mol. The number of rotatable bonds is 7. The third-order valence-corrected chi connectivity index (χ3v) is 4.73. The number of primary amides is 1. The van der Waals surface area contributed by atoms with E-state index in [0.717, 1.165) is 0 Å². The zero-order valence-corrected chi connectivity index (χ0v) is 14.2. The van der Waals surface area contributed by atoms with Crippen molar-refractivity contribution in [2.45, 2.75) is 31.9 Å². The second-order valence-electron chi connectivity index (χ2n) is 6.47. The normalized spacial score (nSPS) is 22.7. The Morgan fingerprint density at radius 1 is 1.42 bits per heavy atom. The van der Waals surface area contributed by atoms with Gasteiger partial charge < -0.3 is 25.6 Å². The van der Waals surface area contributed by atoms with Crippen LogP contribution >= 0.6 is 0 Å². The molecule has 8 nitrogen and oxygen atoms in total. The van der Waals surface area contributed by atoms with Crippen molar-refractivity contribution in [3.8, 4) is 5.75 Å². The van der Waals surface area contributed by atoms with Crippen molar-refractivity contribution in [2.24, 2.45) is 11.7 Å². The first kappa shape index (κ1) is 17.9. The first-order valence-electron chi connectivity index (χ1n) is 8.30. The van der Waals surface area contributed by atoms with E-state index in [1.807, 2.05) is 0 Å². The lowest BCUT2D eigenvalue weighted by Gasteiger charge is -2.44. The summed E-state index contributed by atoms with van der Waals surface area (Å²) >= 11 is 0. The van der Waals surface area contributed by atoms with Crippen molar-refractivity contribution < 1.29 is 29.3 Å². The average Bonchev–Trinajstić information content (AvgIpc) is 2.89. The van der Waals surface area contributed by atoms with Gasteiger partial charge in [-0.1, -0.05) is 12.1 Å². The molecule has 3 rings (SSSR count). The lowest BCUT2D eigenvalue weighted by Crippen LogP contribution is -2.61. The number of β-lactam (4-membered cyclic amide) rings is 1. The van der Waals surface area contributed by atoms with Crippen LogP contribution in [0.2, 0.25) is 0 Å². The lowest BCUT2D eigenvalue weighted by molar-refractivity contribution is -0.161. The number of aliphatic hydroxyl groups is 1. The van der Waals surface area contributed by atoms with E-state index >= 15 is 0 Å². The van der Waals surface area contributed by atoms with Crippen molar-refractivity contribution >= 4 is 23.4 Å². The largest absolute Gasteiger partial charge is 0.493 e. The number of hydrogen-bond acceptors (Lipinski definition) is 5. The van der Waals surface area contributed by atoms with Crippen LogP contribution in [0.3, 0.4) is 0 Å². The van der Waals surface area contributed by atoms with E-state index in [4.69, 9.17) is 10.5 Å². The number of carbonyl (C=O) groups excluding carboxylic acids is 2. The number of carboxylic acids is 1. The topological polar surface area (TPSA) is 130 Å². The Hall–Kier alpha value is -2.87. The molecule has 0 saturated carbocycles. The maximum Gasteiger partial charge on any atom is 0.352 e. The highest BCUT2D eigenvalue weighted by Crippen LogP contribution is 2.47. The van der Waals surface area contributed by atoms with E-state index in [-0.39, 0.29) is 30.7 Å². The summed E-state index contributed by atoms with van der Waals surface area (Å²) in [4.78, 5) is 36.0. The minimum atomic E-state index is -1.18. The van der Waals surface area contributed by atoms with Crippen molar-refractivity contribution in [2.75, 3.05) is 6.61 Å². The molecule has 0 radical (unpaired) electrons. The quantitative estimate of drug-likeness (QED) is 0.602. The minimum absolute atomic E-state index is 0.0498. The summed E-state index contributed by atoms with van der Waals surface area (Å²) < 4.78 is 5.47. The summed E-state index contributed by atoms with van der Waals surface area (Å²) in [7, 11) is 0. The fraction of sp³-hybridized carbons (Fsp3) is 0.389. The zero-order valence-electron chi connectivity index (χ0n) is 14.2. The first-order valence-corrected chi connectivity index (χ1v) is 8.30. The SMILES string of the molecule is C[C@@H](O)[C@H]1C(=O)N2C(C(=O)O)=C(c3cccc(OCCC(N)=O)c3)C[C@H]12. The molecule has 0 unspecified atom stereocenters. The molecule has 3 atom stereocenters. The van der Waals surface area contributed by atoms with E-state index in [0.29, 0.717) is 23.3 Å². The molecule has 2 aliphatic rings. The maximum atomic E-state index is 12.2. The number of ether oxygens (including phenoxy) is 1. The van der Waals surface area contributed by atoms with E-state index in [1.165, 1.54) is 11.8 Å². The van der Waals surface area contributed by atoms with E-state index in [9.17, 15) is 24.6 Å². The number of aliphatic carboxylic acids is 1. The number of aliphatic hydroxyl groups excluding tert-OH is 1. The number of fused-ring (bicyclic) bond motifs is 1. The van der Waals surface area contributed by atoms with E-state index < -0.39 is 23.9 Å². The molecule has 1 saturated heterocycles. The van der Waals surface area contributed by atoms with Gasteiger partial charge >= 0.3 is 5.97 Å². The van der Waals surface area contributed by atoms with Gasteiger partial charge in [-0.05, 0) is 36.6 Å². The van der Waals surface area contributed by atoms with Crippen molar-refractivity contribution in [3.05, 3.63) is 35.5 Å². The number of amides is 2. The van der Waals surface area contributed by atoms with Gasteiger partial charge in [0.25, 0.3) is 0 Å². The molecule has 1 fully saturated rings. The number of nitrogens with two attached hydrogens (primary N) is 1. The van der Waals surface area contributed by atoms with Gasteiger partial charge in [0, 0.05) is 0 Å². The molecule has 26 heavy (non-hydrogen) atoms. The summed E-state index contributed by atoms with van der Waals surface area (Å²) in [6.07, 6.45) is -0.400. The zero-order chi connectivity index (χ0) is 19.0. The summed E-state index contributed by atoms with van der Waals surface area (Å²) in [5.74, 6) is -2.13. The number of carbonyl (C=O) groups is 3. The minimum Gasteiger partial charge on any atom is -0.493 e. The predicted octanol–water partition coefficient (Wildman–Crippen LogP) is 0.348. The van der Waals surface area contributed by atoms with Gasteiger partial charge in [-0.3, -0.25) is 9.59 Å². The Balaban J connectivity index is 1.87. The molecule has 1 aromatic carbocycles. The standard InChI is InChI=1S/C18H20N2O6/c1-9(21)15-13-8-12(16(18(24)25)20(13)17(15)23)10-3-2-4-11(7-10)26-6-5-14(19)22/h2-4,7,9,13,15,21H,5-6,8H2,1H3,(H2,19,22)(H,24,25)/t9-,13-,15-/m1/s1. The highest BCUT2D eigenvalue weighted by molar-refractivity contribution is 6.06. The number of nitrogens with zero attached hydrogens (tertiary/aromatic N) is 1. The molecule has 0 aromatic heterocycles. The third-order valence-electron chi connectivity index (χ3n) is 4.73. The highest BCUT2D eigenvalue weighted by Gasteiger charge is 2.56.